The van der Waals surface area contributed by atoms with E-state index in [1.807, 2.05) is 6.92 Å². The molecule has 0 saturated carbocycles. The first-order valence-corrected chi connectivity index (χ1v) is 8.93. The quantitative estimate of drug-likeness (QED) is 0.666. The van der Waals surface area contributed by atoms with E-state index >= 15 is 0 Å². The number of benzene rings is 1. The normalized spacial score (nSPS) is 22.1. The fraction of sp³-hybridized carbons (Fsp3) is 0.562. The molecule has 1 fully saturated rings. The summed E-state index contributed by atoms with van der Waals surface area (Å²) in [5, 5.41) is 2.96. The Kier molecular flexibility index (Phi) is 5.13. The van der Waals surface area contributed by atoms with Crippen molar-refractivity contribution in [3.63, 3.8) is 0 Å². The summed E-state index contributed by atoms with van der Waals surface area (Å²) in [6, 6.07) is 6.47. The highest BCUT2D eigenvalue weighted by Gasteiger charge is 2.34. The summed E-state index contributed by atoms with van der Waals surface area (Å²) in [5.74, 6) is -0.336. The molecule has 0 spiro atoms. The maximum atomic E-state index is 12.2. The topological polar surface area (TPSA) is 81.7 Å². The largest absolute Gasteiger partial charge is 0.446 e. The average Bonchev–Trinajstić information content (AvgIpc) is 2.84. The molecule has 1 aromatic carbocycles. The van der Waals surface area contributed by atoms with Gasteiger partial charge in [-0.1, -0.05) is 17.7 Å². The maximum absolute atomic E-state index is 12.2. The van der Waals surface area contributed by atoms with Gasteiger partial charge in [0.25, 0.3) is 10.1 Å². The smallest absolute Gasteiger partial charge is 0.312 e. The van der Waals surface area contributed by atoms with Gasteiger partial charge in [0.2, 0.25) is 0 Å². The third-order valence-corrected chi connectivity index (χ3v) is 4.86. The van der Waals surface area contributed by atoms with Crippen LogP contribution in [-0.2, 0) is 23.8 Å². The number of carbonyl (C=O) groups excluding carboxylic acids is 1. The van der Waals surface area contributed by atoms with Crippen molar-refractivity contribution in [2.45, 2.75) is 51.3 Å². The second-order valence-corrected chi connectivity index (χ2v) is 8.35. The number of hydrogen-bond acceptors (Lipinski definition) is 6. The number of ether oxygens (including phenoxy) is 1. The first-order chi connectivity index (χ1) is 10.6. The predicted molar refractivity (Wildman–Crippen MR) is 85.2 cm³/mol. The van der Waals surface area contributed by atoms with Gasteiger partial charge in [-0.05, 0) is 39.8 Å². The van der Waals surface area contributed by atoms with Crippen molar-refractivity contribution >= 4 is 16.1 Å². The predicted octanol–water partition coefficient (Wildman–Crippen LogP) is 1.98. The van der Waals surface area contributed by atoms with Crippen molar-refractivity contribution in [2.24, 2.45) is 5.41 Å². The standard InChI is InChI=1S/C16H23NO5S/c1-11-5-7-13(8-6-11)23(19,20)22-12-9-14(17-10-12)21-15(18)16(2,3)4/h5-8,12,14,17H,9-10H2,1-4H3/t12-,14?/m0/s1. The zero-order chi connectivity index (χ0) is 17.3. The third-order valence-electron chi connectivity index (χ3n) is 3.48. The molecule has 0 aliphatic carbocycles. The monoisotopic (exact) mass is 341 g/mol. The van der Waals surface area contributed by atoms with E-state index in [1.165, 1.54) is 12.1 Å². The van der Waals surface area contributed by atoms with E-state index in [4.69, 9.17) is 8.92 Å². The van der Waals surface area contributed by atoms with Crippen LogP contribution in [0.15, 0.2) is 29.2 Å². The Labute approximate surface area is 137 Å². The highest BCUT2D eigenvalue weighted by Crippen LogP contribution is 2.22. The second-order valence-electron chi connectivity index (χ2n) is 6.77. The minimum atomic E-state index is -3.82. The highest BCUT2D eigenvalue weighted by atomic mass is 32.2. The molecular weight excluding hydrogens is 318 g/mol. The Balaban J connectivity index is 1.95. The molecule has 1 N–H and O–H groups in total. The average molecular weight is 341 g/mol. The maximum Gasteiger partial charge on any atom is 0.312 e. The molecule has 23 heavy (non-hydrogen) atoms. The first-order valence-electron chi connectivity index (χ1n) is 7.52. The molecule has 1 heterocycles. The van der Waals surface area contributed by atoms with Gasteiger partial charge in [-0.2, -0.15) is 8.42 Å². The van der Waals surface area contributed by atoms with Crippen molar-refractivity contribution in [2.75, 3.05) is 6.54 Å². The van der Waals surface area contributed by atoms with Gasteiger partial charge in [0.1, 0.15) is 0 Å². The van der Waals surface area contributed by atoms with E-state index in [9.17, 15) is 13.2 Å². The van der Waals surface area contributed by atoms with E-state index < -0.39 is 27.9 Å². The number of carbonyl (C=O) groups is 1. The van der Waals surface area contributed by atoms with Gasteiger partial charge in [0.15, 0.2) is 6.23 Å². The van der Waals surface area contributed by atoms with Gasteiger partial charge in [-0.3, -0.25) is 14.3 Å². The Bertz CT molecular complexity index is 661. The first kappa shape index (κ1) is 17.9. The van der Waals surface area contributed by atoms with E-state index in [1.54, 1.807) is 32.9 Å². The number of aryl methyl sites for hydroxylation is 1. The molecule has 1 unspecified atom stereocenters. The van der Waals surface area contributed by atoms with Crippen LogP contribution in [-0.4, -0.2) is 33.3 Å². The summed E-state index contributed by atoms with van der Waals surface area (Å²) >= 11 is 0. The Morgan fingerprint density at radius 3 is 2.39 bits per heavy atom. The van der Waals surface area contributed by atoms with E-state index in [0.29, 0.717) is 13.0 Å². The highest BCUT2D eigenvalue weighted by molar-refractivity contribution is 7.86. The minimum Gasteiger partial charge on any atom is -0.446 e. The molecule has 0 aromatic heterocycles. The van der Waals surface area contributed by atoms with Crippen LogP contribution in [0.5, 0.6) is 0 Å². The number of nitrogens with one attached hydrogen (secondary N) is 1. The van der Waals surface area contributed by atoms with Crippen LogP contribution in [0.25, 0.3) is 0 Å². The number of rotatable bonds is 4. The van der Waals surface area contributed by atoms with Crippen LogP contribution >= 0.6 is 0 Å². The lowest BCUT2D eigenvalue weighted by atomic mass is 9.97. The molecule has 1 aliphatic rings. The van der Waals surface area contributed by atoms with Gasteiger partial charge in [-0.15, -0.1) is 0 Å². The number of esters is 1. The van der Waals surface area contributed by atoms with Crippen LogP contribution in [0.3, 0.4) is 0 Å². The summed E-state index contributed by atoms with van der Waals surface area (Å²) in [6.07, 6.45) is -0.786. The van der Waals surface area contributed by atoms with Crippen LogP contribution in [0.1, 0.15) is 32.8 Å². The lowest BCUT2D eigenvalue weighted by Crippen LogP contribution is -2.33. The van der Waals surface area contributed by atoms with Crippen LogP contribution < -0.4 is 5.32 Å². The molecule has 0 bridgehead atoms. The van der Waals surface area contributed by atoms with Gasteiger partial charge in [0, 0.05) is 13.0 Å². The van der Waals surface area contributed by atoms with E-state index in [0.717, 1.165) is 5.56 Å². The van der Waals surface area contributed by atoms with Crippen LogP contribution in [0, 0.1) is 12.3 Å². The van der Waals surface area contributed by atoms with Crippen molar-refractivity contribution in [3.05, 3.63) is 29.8 Å². The van der Waals surface area contributed by atoms with E-state index in [-0.39, 0.29) is 10.9 Å². The van der Waals surface area contributed by atoms with Crippen molar-refractivity contribution in [1.29, 1.82) is 0 Å². The minimum absolute atomic E-state index is 0.123. The van der Waals surface area contributed by atoms with Crippen molar-refractivity contribution in [1.82, 2.24) is 5.32 Å². The van der Waals surface area contributed by atoms with Crippen LogP contribution in [0.2, 0.25) is 0 Å². The van der Waals surface area contributed by atoms with Gasteiger partial charge >= 0.3 is 5.97 Å². The Morgan fingerprint density at radius 2 is 1.83 bits per heavy atom. The van der Waals surface area contributed by atoms with Crippen molar-refractivity contribution < 1.29 is 22.1 Å². The molecule has 0 amide bonds. The summed E-state index contributed by atoms with van der Waals surface area (Å²) in [6.45, 7) is 7.49. The molecular formula is C16H23NO5S. The molecule has 2 rings (SSSR count). The fourth-order valence-corrected chi connectivity index (χ4v) is 3.16. The summed E-state index contributed by atoms with van der Waals surface area (Å²) in [7, 11) is -3.82. The number of hydrogen-bond donors (Lipinski definition) is 1. The lowest BCUT2D eigenvalue weighted by Gasteiger charge is -2.20. The molecule has 128 valence electrons. The zero-order valence-electron chi connectivity index (χ0n) is 13.8. The van der Waals surface area contributed by atoms with Crippen LogP contribution in [0.4, 0.5) is 0 Å². The van der Waals surface area contributed by atoms with Gasteiger partial charge < -0.3 is 4.74 Å². The molecule has 1 aliphatic heterocycles. The zero-order valence-corrected chi connectivity index (χ0v) is 14.6. The van der Waals surface area contributed by atoms with E-state index in [2.05, 4.69) is 5.32 Å². The summed E-state index contributed by atoms with van der Waals surface area (Å²) < 4.78 is 35.0. The van der Waals surface area contributed by atoms with Gasteiger partial charge in [0.05, 0.1) is 16.4 Å². The molecule has 7 heteroatoms. The van der Waals surface area contributed by atoms with Gasteiger partial charge in [-0.25, -0.2) is 0 Å². The molecule has 0 radical (unpaired) electrons. The molecule has 1 saturated heterocycles. The van der Waals surface area contributed by atoms with Crippen molar-refractivity contribution in [3.8, 4) is 0 Å². The molecule has 6 nitrogen and oxygen atoms in total. The fourth-order valence-electron chi connectivity index (χ4n) is 2.08. The summed E-state index contributed by atoms with van der Waals surface area (Å²) in [5.41, 5.74) is 0.370. The second kappa shape index (κ2) is 6.59. The Morgan fingerprint density at radius 1 is 1.22 bits per heavy atom. The molecule has 1 aromatic rings. The molecule has 2 atom stereocenters. The third kappa shape index (κ3) is 4.76. The SMILES string of the molecule is Cc1ccc(S(=O)(=O)O[C@@H]2CNC(OC(=O)C(C)(C)C)C2)cc1. The lowest BCUT2D eigenvalue weighted by molar-refractivity contribution is -0.159. The Hall–Kier alpha value is -1.44. The summed E-state index contributed by atoms with van der Waals surface area (Å²) in [4.78, 5) is 12.0.